The topological polar surface area (TPSA) is 219 Å². The lowest BCUT2D eigenvalue weighted by atomic mass is 10.1. The van der Waals surface area contributed by atoms with Crippen molar-refractivity contribution in [2.24, 2.45) is 0 Å². The number of anilines is 2. The van der Waals surface area contributed by atoms with Gasteiger partial charge in [0.05, 0.1) is 20.0 Å². The molecule has 0 radical (unpaired) electrons. The van der Waals surface area contributed by atoms with E-state index in [9.17, 15) is 24.2 Å². The zero-order valence-corrected chi connectivity index (χ0v) is 23.1. The summed E-state index contributed by atoms with van der Waals surface area (Å²) in [4.78, 5) is 40.3. The van der Waals surface area contributed by atoms with Crippen LogP contribution in [-0.4, -0.2) is 82.3 Å². The maximum absolute atomic E-state index is 12.0. The molecule has 2 aromatic heterocycles. The summed E-state index contributed by atoms with van der Waals surface area (Å²) in [6, 6.07) is 11.2. The summed E-state index contributed by atoms with van der Waals surface area (Å²) in [5, 5.41) is 25.9. The van der Waals surface area contributed by atoms with E-state index in [0.717, 1.165) is 16.5 Å². The number of hydrogen-bond acceptors (Lipinski definition) is 11. The summed E-state index contributed by atoms with van der Waals surface area (Å²) < 4.78 is 40.2. The standard InChI is InChI=1S/C22H24ClN5O10P2/c1-36-14-4-2-3-11-7-12(5-6-13(11)14)25-19-16-20(27-22(23)26-19)28(9-24-16)21-18(30)17(29)15(38-21)8-37-40(34,35)10-39(31,32)33/h2-7,9,15,17-18,21,29-30H,8,10H2,1H3,(H,34,35)(H,25,26,27)(H2,31,32,33). The first-order valence-corrected chi connectivity index (χ1v) is 15.6. The van der Waals surface area contributed by atoms with Crippen molar-refractivity contribution in [3.05, 3.63) is 48.0 Å². The van der Waals surface area contributed by atoms with Crippen LogP contribution in [0, 0.1) is 0 Å². The van der Waals surface area contributed by atoms with Gasteiger partial charge in [0.2, 0.25) is 5.28 Å². The monoisotopic (exact) mass is 615 g/mol. The molecule has 5 rings (SSSR count). The summed E-state index contributed by atoms with van der Waals surface area (Å²) >= 11 is 6.19. The van der Waals surface area contributed by atoms with Gasteiger partial charge in [-0.3, -0.25) is 13.7 Å². The molecule has 0 amide bonds. The molecule has 1 fully saturated rings. The van der Waals surface area contributed by atoms with E-state index in [0.29, 0.717) is 5.69 Å². The number of aromatic nitrogens is 4. The van der Waals surface area contributed by atoms with Crippen LogP contribution in [0.1, 0.15) is 6.23 Å². The summed E-state index contributed by atoms with van der Waals surface area (Å²) in [7, 11) is -7.96. The second-order valence-electron chi connectivity index (χ2n) is 8.97. The Bertz CT molecular complexity index is 1670. The molecule has 0 aliphatic carbocycles. The van der Waals surface area contributed by atoms with E-state index in [2.05, 4.69) is 20.3 Å². The molecule has 5 atom stereocenters. The average molecular weight is 616 g/mol. The Hall–Kier alpha value is -2.68. The number of halogens is 1. The highest BCUT2D eigenvalue weighted by Gasteiger charge is 2.45. The maximum atomic E-state index is 12.0. The molecule has 1 aliphatic heterocycles. The number of imidazole rings is 1. The number of ether oxygens (including phenoxy) is 2. The second-order valence-corrected chi connectivity index (χ2v) is 13.3. The number of fused-ring (bicyclic) bond motifs is 2. The lowest BCUT2D eigenvalue weighted by Gasteiger charge is -2.18. The highest BCUT2D eigenvalue weighted by molar-refractivity contribution is 7.70. The largest absolute Gasteiger partial charge is 0.496 e. The predicted octanol–water partition coefficient (Wildman–Crippen LogP) is 2.34. The normalized spacial score (nSPS) is 23.0. The maximum Gasteiger partial charge on any atom is 0.340 e. The van der Waals surface area contributed by atoms with Gasteiger partial charge in [0.1, 0.15) is 24.1 Å². The molecule has 1 aliphatic rings. The number of rotatable bonds is 9. The third-order valence-corrected chi connectivity index (χ3v) is 9.76. The molecule has 15 nitrogen and oxygen atoms in total. The van der Waals surface area contributed by atoms with Gasteiger partial charge in [-0.05, 0) is 41.3 Å². The Morgan fingerprint density at radius 3 is 2.62 bits per heavy atom. The number of hydrogen-bond donors (Lipinski definition) is 6. The van der Waals surface area contributed by atoms with Crippen molar-refractivity contribution < 1.29 is 48.0 Å². The van der Waals surface area contributed by atoms with Crippen LogP contribution in [0.5, 0.6) is 5.75 Å². The average Bonchev–Trinajstić information content (AvgIpc) is 3.41. The van der Waals surface area contributed by atoms with Crippen molar-refractivity contribution in [3.63, 3.8) is 0 Å². The fourth-order valence-corrected chi connectivity index (χ4v) is 7.10. The predicted molar refractivity (Wildman–Crippen MR) is 143 cm³/mol. The fraction of sp³-hybridized carbons (Fsp3) is 0.318. The van der Waals surface area contributed by atoms with Crippen LogP contribution >= 0.6 is 26.8 Å². The number of aliphatic hydroxyl groups excluding tert-OH is 2. The van der Waals surface area contributed by atoms with Gasteiger partial charge in [-0.1, -0.05) is 12.1 Å². The summed E-state index contributed by atoms with van der Waals surface area (Å²) in [6.07, 6.45) is -4.42. The first-order valence-electron chi connectivity index (χ1n) is 11.6. The third-order valence-electron chi connectivity index (χ3n) is 6.13. The Labute approximate surface area is 231 Å². The molecule has 5 unspecified atom stereocenters. The molecular formula is C22H24ClN5O10P2. The SMILES string of the molecule is COc1cccc2cc(Nc3nc(Cl)nc4c3ncn4C3OC(COP(=O)(O)CP(=O)(O)O)C(O)C3O)ccc12. The molecule has 3 heterocycles. The summed E-state index contributed by atoms with van der Waals surface area (Å²) in [5.74, 6) is -0.431. The second kappa shape index (κ2) is 11.0. The number of nitrogens with zero attached hydrogens (tertiary/aromatic N) is 4. The molecule has 40 heavy (non-hydrogen) atoms. The van der Waals surface area contributed by atoms with Crippen molar-refractivity contribution >= 4 is 60.2 Å². The minimum absolute atomic E-state index is 0.147. The zero-order chi connectivity index (χ0) is 28.8. The molecule has 18 heteroatoms. The number of nitrogens with one attached hydrogen (secondary N) is 1. The Balaban J connectivity index is 1.39. The van der Waals surface area contributed by atoms with Crippen LogP contribution in [0.3, 0.4) is 0 Å². The van der Waals surface area contributed by atoms with E-state index in [4.69, 9.17) is 35.4 Å². The van der Waals surface area contributed by atoms with Crippen LogP contribution in [0.4, 0.5) is 11.5 Å². The molecule has 0 bridgehead atoms. The fourth-order valence-electron chi connectivity index (χ4n) is 4.37. The molecule has 1 saturated heterocycles. The molecule has 214 valence electrons. The van der Waals surface area contributed by atoms with Crippen molar-refractivity contribution in [1.82, 2.24) is 19.5 Å². The minimum atomic E-state index is -4.85. The molecule has 4 aromatic rings. The van der Waals surface area contributed by atoms with Crippen LogP contribution in [-0.2, 0) is 18.4 Å². The van der Waals surface area contributed by atoms with Gasteiger partial charge in [0.25, 0.3) is 0 Å². The van der Waals surface area contributed by atoms with Gasteiger partial charge in [0.15, 0.2) is 29.1 Å². The quantitative estimate of drug-likeness (QED) is 0.118. The van der Waals surface area contributed by atoms with Gasteiger partial charge < -0.3 is 44.2 Å². The first-order chi connectivity index (χ1) is 18.8. The highest BCUT2D eigenvalue weighted by Crippen LogP contribution is 2.55. The van der Waals surface area contributed by atoms with Crippen LogP contribution in [0.2, 0.25) is 5.28 Å². The van der Waals surface area contributed by atoms with Crippen molar-refractivity contribution in [1.29, 1.82) is 0 Å². The summed E-state index contributed by atoms with van der Waals surface area (Å²) in [5.41, 5.74) is 1.08. The smallest absolute Gasteiger partial charge is 0.340 e. The molecular weight excluding hydrogens is 592 g/mol. The van der Waals surface area contributed by atoms with Crippen molar-refractivity contribution in [3.8, 4) is 5.75 Å². The molecule has 6 N–H and O–H groups in total. The Kier molecular flexibility index (Phi) is 7.89. The van der Waals surface area contributed by atoms with E-state index < -0.39 is 52.2 Å². The Morgan fingerprint density at radius 1 is 1.12 bits per heavy atom. The van der Waals surface area contributed by atoms with Gasteiger partial charge >= 0.3 is 15.2 Å². The van der Waals surface area contributed by atoms with Gasteiger partial charge in [-0.15, -0.1) is 0 Å². The lowest BCUT2D eigenvalue weighted by molar-refractivity contribution is -0.0483. The van der Waals surface area contributed by atoms with E-state index in [1.165, 1.54) is 10.9 Å². The number of methoxy groups -OCH3 is 1. The van der Waals surface area contributed by atoms with Crippen molar-refractivity contribution in [2.45, 2.75) is 24.5 Å². The number of benzene rings is 2. The van der Waals surface area contributed by atoms with Gasteiger partial charge in [0, 0.05) is 11.1 Å². The van der Waals surface area contributed by atoms with Gasteiger partial charge in [-0.2, -0.15) is 9.97 Å². The lowest BCUT2D eigenvalue weighted by Crippen LogP contribution is -2.33. The molecule has 0 spiro atoms. The highest BCUT2D eigenvalue weighted by atomic mass is 35.5. The molecule has 0 saturated carbocycles. The van der Waals surface area contributed by atoms with E-state index in [1.54, 1.807) is 7.11 Å². The van der Waals surface area contributed by atoms with Crippen LogP contribution in [0.25, 0.3) is 21.9 Å². The van der Waals surface area contributed by atoms with E-state index in [1.807, 2.05) is 36.4 Å². The number of aliphatic hydroxyl groups is 2. The molecule has 2 aromatic carbocycles. The van der Waals surface area contributed by atoms with Gasteiger partial charge in [-0.25, -0.2) is 4.98 Å². The Morgan fingerprint density at radius 2 is 1.90 bits per heavy atom. The van der Waals surface area contributed by atoms with Crippen molar-refractivity contribution in [2.75, 3.05) is 24.9 Å². The minimum Gasteiger partial charge on any atom is -0.496 e. The third kappa shape index (κ3) is 5.99. The van der Waals surface area contributed by atoms with E-state index in [-0.39, 0.29) is 22.3 Å². The van der Waals surface area contributed by atoms with Crippen LogP contribution < -0.4 is 10.1 Å². The summed E-state index contributed by atoms with van der Waals surface area (Å²) in [6.45, 7) is -0.732. The zero-order valence-electron chi connectivity index (χ0n) is 20.6. The van der Waals surface area contributed by atoms with E-state index >= 15 is 0 Å². The van der Waals surface area contributed by atoms with Crippen LogP contribution in [0.15, 0.2) is 42.7 Å². The first kappa shape index (κ1) is 28.8.